The van der Waals surface area contributed by atoms with Gasteiger partial charge in [0.2, 0.25) is 0 Å². The Kier molecular flexibility index (Phi) is 4.60. The Balaban J connectivity index is 1.16. The first kappa shape index (κ1) is 19.0. The van der Waals surface area contributed by atoms with E-state index in [-0.39, 0.29) is 5.91 Å². The molecule has 1 fully saturated rings. The van der Waals surface area contributed by atoms with Crippen molar-refractivity contribution in [3.63, 3.8) is 0 Å². The predicted molar refractivity (Wildman–Crippen MR) is 124 cm³/mol. The van der Waals surface area contributed by atoms with Crippen molar-refractivity contribution in [1.82, 2.24) is 25.3 Å². The summed E-state index contributed by atoms with van der Waals surface area (Å²) in [5.74, 6) is 0.918. The summed E-state index contributed by atoms with van der Waals surface area (Å²) in [4.78, 5) is 17.2. The Morgan fingerprint density at radius 1 is 0.906 bits per heavy atom. The SMILES string of the molecule is O=C(c1cc(-c2cccc3ccccc23)n[nH]1)N1CCN(c2cc3c(nn2)CCC3)CC1. The first-order chi connectivity index (χ1) is 15.8. The number of hydrogen-bond acceptors (Lipinski definition) is 5. The van der Waals surface area contributed by atoms with Crippen LogP contribution in [0.25, 0.3) is 22.0 Å². The van der Waals surface area contributed by atoms with Gasteiger partial charge in [-0.3, -0.25) is 9.89 Å². The van der Waals surface area contributed by atoms with Gasteiger partial charge in [0.25, 0.3) is 5.91 Å². The van der Waals surface area contributed by atoms with Gasteiger partial charge in [0.15, 0.2) is 5.82 Å². The van der Waals surface area contributed by atoms with E-state index in [0.717, 1.165) is 59.5 Å². The van der Waals surface area contributed by atoms with E-state index in [2.05, 4.69) is 49.6 Å². The van der Waals surface area contributed by atoms with E-state index in [4.69, 9.17) is 0 Å². The van der Waals surface area contributed by atoms with Crippen molar-refractivity contribution in [2.45, 2.75) is 19.3 Å². The number of aryl methyl sites for hydroxylation is 2. The number of nitrogens with one attached hydrogen (secondary N) is 1. The van der Waals surface area contributed by atoms with E-state index < -0.39 is 0 Å². The summed E-state index contributed by atoms with van der Waals surface area (Å²) in [6.45, 7) is 2.81. The fraction of sp³-hybridized carbons (Fsp3) is 0.280. The number of rotatable bonds is 3. The number of nitrogens with zero attached hydrogens (tertiary/aromatic N) is 5. The number of anilines is 1. The molecule has 0 unspecified atom stereocenters. The molecule has 0 atom stereocenters. The van der Waals surface area contributed by atoms with Crippen LogP contribution in [0.3, 0.4) is 0 Å². The van der Waals surface area contributed by atoms with Crippen molar-refractivity contribution in [3.05, 3.63) is 71.5 Å². The summed E-state index contributed by atoms with van der Waals surface area (Å²) in [6.07, 6.45) is 3.30. The largest absolute Gasteiger partial charge is 0.352 e. The molecule has 1 aliphatic heterocycles. The molecule has 1 saturated heterocycles. The third-order valence-corrected chi connectivity index (χ3v) is 6.57. The van der Waals surface area contributed by atoms with Crippen molar-refractivity contribution in [3.8, 4) is 11.3 Å². The molecule has 1 amide bonds. The molecule has 0 bridgehead atoms. The van der Waals surface area contributed by atoms with Gasteiger partial charge in [0, 0.05) is 31.7 Å². The molecule has 0 saturated carbocycles. The topological polar surface area (TPSA) is 78.0 Å². The van der Waals surface area contributed by atoms with Crippen LogP contribution in [-0.2, 0) is 12.8 Å². The summed E-state index contributed by atoms with van der Waals surface area (Å²) in [5, 5.41) is 18.5. The highest BCUT2D eigenvalue weighted by molar-refractivity contribution is 5.98. The molecule has 7 heteroatoms. The van der Waals surface area contributed by atoms with Crippen LogP contribution in [0.2, 0.25) is 0 Å². The van der Waals surface area contributed by atoms with Crippen LogP contribution >= 0.6 is 0 Å². The number of aromatic nitrogens is 4. The van der Waals surface area contributed by atoms with Crippen molar-refractivity contribution >= 4 is 22.5 Å². The molecule has 1 N–H and O–H groups in total. The van der Waals surface area contributed by atoms with E-state index in [9.17, 15) is 4.79 Å². The maximum absolute atomic E-state index is 13.1. The molecule has 1 aliphatic carbocycles. The van der Waals surface area contributed by atoms with Gasteiger partial charge in [-0.25, -0.2) is 0 Å². The van der Waals surface area contributed by atoms with Crippen LogP contribution in [0.15, 0.2) is 54.6 Å². The molecule has 3 heterocycles. The van der Waals surface area contributed by atoms with Gasteiger partial charge >= 0.3 is 0 Å². The zero-order valence-electron chi connectivity index (χ0n) is 17.8. The standard InChI is InChI=1S/C25H24N6O/c32-25(23-16-22(27-28-23)20-9-3-6-17-5-1-2-8-19(17)20)31-13-11-30(12-14-31)24-15-18-7-4-10-21(18)26-29-24/h1-3,5-6,8-9,15-16H,4,7,10-14H2,(H,27,28). The van der Waals surface area contributed by atoms with Crippen molar-refractivity contribution in [2.75, 3.05) is 31.1 Å². The van der Waals surface area contributed by atoms with Crippen molar-refractivity contribution in [1.29, 1.82) is 0 Å². The van der Waals surface area contributed by atoms with Crippen LogP contribution in [0.5, 0.6) is 0 Å². The Bertz CT molecular complexity index is 1300. The predicted octanol–water partition coefficient (Wildman–Crippen LogP) is 3.47. The Hall–Kier alpha value is -3.74. The highest BCUT2D eigenvalue weighted by Crippen LogP contribution is 2.28. The molecule has 0 spiro atoms. The van der Waals surface area contributed by atoms with Gasteiger partial charge in [-0.1, -0.05) is 42.5 Å². The quantitative estimate of drug-likeness (QED) is 0.545. The Morgan fingerprint density at radius 2 is 1.75 bits per heavy atom. The van der Waals surface area contributed by atoms with E-state index in [1.54, 1.807) is 0 Å². The Morgan fingerprint density at radius 3 is 2.66 bits per heavy atom. The molecule has 160 valence electrons. The summed E-state index contributed by atoms with van der Waals surface area (Å²) in [7, 11) is 0. The lowest BCUT2D eigenvalue weighted by atomic mass is 10.0. The molecule has 7 nitrogen and oxygen atoms in total. The van der Waals surface area contributed by atoms with E-state index in [1.807, 2.05) is 35.2 Å². The second-order valence-corrected chi connectivity index (χ2v) is 8.50. The second-order valence-electron chi connectivity index (χ2n) is 8.50. The molecule has 2 aromatic carbocycles. The molecular weight excluding hydrogens is 400 g/mol. The highest BCUT2D eigenvalue weighted by atomic mass is 16.2. The lowest BCUT2D eigenvalue weighted by Crippen LogP contribution is -2.49. The number of aromatic amines is 1. The molecular formula is C25H24N6O. The summed E-state index contributed by atoms with van der Waals surface area (Å²) >= 11 is 0. The highest BCUT2D eigenvalue weighted by Gasteiger charge is 2.25. The maximum atomic E-state index is 13.1. The van der Waals surface area contributed by atoms with E-state index in [1.165, 1.54) is 12.0 Å². The monoisotopic (exact) mass is 424 g/mol. The van der Waals surface area contributed by atoms with E-state index >= 15 is 0 Å². The van der Waals surface area contributed by atoms with Crippen LogP contribution < -0.4 is 4.90 Å². The number of H-pyrrole nitrogens is 1. The molecule has 0 radical (unpaired) electrons. The lowest BCUT2D eigenvalue weighted by Gasteiger charge is -2.35. The minimum Gasteiger partial charge on any atom is -0.352 e. The van der Waals surface area contributed by atoms with Crippen LogP contribution in [0.4, 0.5) is 5.82 Å². The number of carbonyl (C=O) groups excluding carboxylic acids is 1. The zero-order chi connectivity index (χ0) is 21.5. The van der Waals surface area contributed by atoms with Gasteiger partial charge in [-0.15, -0.1) is 5.10 Å². The summed E-state index contributed by atoms with van der Waals surface area (Å²) in [5.41, 5.74) is 4.81. The number of fused-ring (bicyclic) bond motifs is 2. The van der Waals surface area contributed by atoms with Gasteiger partial charge < -0.3 is 9.80 Å². The van der Waals surface area contributed by atoms with Crippen molar-refractivity contribution < 1.29 is 4.79 Å². The van der Waals surface area contributed by atoms with Crippen molar-refractivity contribution in [2.24, 2.45) is 0 Å². The first-order valence-electron chi connectivity index (χ1n) is 11.2. The van der Waals surface area contributed by atoms with Gasteiger partial charge in [0.1, 0.15) is 5.69 Å². The molecule has 2 aromatic heterocycles. The molecule has 32 heavy (non-hydrogen) atoms. The fourth-order valence-corrected chi connectivity index (χ4v) is 4.80. The van der Waals surface area contributed by atoms with E-state index in [0.29, 0.717) is 18.8 Å². The zero-order valence-corrected chi connectivity index (χ0v) is 17.8. The number of piperazine rings is 1. The average molecular weight is 425 g/mol. The second kappa shape index (κ2) is 7.75. The van der Waals surface area contributed by atoms with Crippen LogP contribution in [-0.4, -0.2) is 57.4 Å². The van der Waals surface area contributed by atoms with Gasteiger partial charge in [0.05, 0.1) is 11.4 Å². The van der Waals surface area contributed by atoms with Gasteiger partial charge in [-0.2, -0.15) is 10.2 Å². The third kappa shape index (κ3) is 3.30. The summed E-state index contributed by atoms with van der Waals surface area (Å²) < 4.78 is 0. The van der Waals surface area contributed by atoms with Crippen LogP contribution in [0.1, 0.15) is 28.2 Å². The minimum absolute atomic E-state index is 0.0105. The average Bonchev–Trinajstić information content (AvgIpc) is 3.53. The number of carbonyl (C=O) groups is 1. The van der Waals surface area contributed by atoms with Gasteiger partial charge in [-0.05, 0) is 47.7 Å². The number of hydrogen-bond donors (Lipinski definition) is 1. The lowest BCUT2D eigenvalue weighted by molar-refractivity contribution is 0.0740. The number of benzene rings is 2. The Labute approximate surface area is 186 Å². The molecule has 4 aromatic rings. The molecule has 2 aliphatic rings. The number of amides is 1. The normalized spacial score (nSPS) is 15.9. The minimum atomic E-state index is -0.0105. The maximum Gasteiger partial charge on any atom is 0.272 e. The smallest absolute Gasteiger partial charge is 0.272 e. The first-order valence-corrected chi connectivity index (χ1v) is 11.2. The van der Waals surface area contributed by atoms with Crippen LogP contribution in [0, 0.1) is 0 Å². The summed E-state index contributed by atoms with van der Waals surface area (Å²) in [6, 6.07) is 18.4. The third-order valence-electron chi connectivity index (χ3n) is 6.57. The molecule has 6 rings (SSSR count). The fourth-order valence-electron chi connectivity index (χ4n) is 4.80.